The van der Waals surface area contributed by atoms with Crippen molar-refractivity contribution in [2.75, 3.05) is 6.61 Å². The Morgan fingerprint density at radius 1 is 1.43 bits per heavy atom. The van der Waals surface area contributed by atoms with Crippen LogP contribution in [0.25, 0.3) is 11.1 Å². The van der Waals surface area contributed by atoms with Crippen LogP contribution >= 0.6 is 0 Å². The largest absolute Gasteiger partial charge is 0.494 e. The fraction of sp³-hybridized carbons (Fsp3) is 0.364. The van der Waals surface area contributed by atoms with Gasteiger partial charge in [0.25, 0.3) is 0 Å². The molecule has 0 spiro atoms. The number of rotatable bonds is 4. The summed E-state index contributed by atoms with van der Waals surface area (Å²) in [5, 5.41) is 0. The Morgan fingerprint density at radius 3 is 3.21 bits per heavy atom. The highest BCUT2D eigenvalue weighted by Crippen LogP contribution is 2.19. The summed E-state index contributed by atoms with van der Waals surface area (Å²) in [5.41, 5.74) is 1.65. The van der Waals surface area contributed by atoms with Crippen LogP contribution < -0.4 is 4.74 Å². The van der Waals surface area contributed by atoms with E-state index in [-0.39, 0.29) is 0 Å². The maximum atomic E-state index is 5.54. The lowest BCUT2D eigenvalue weighted by atomic mass is 10.3. The van der Waals surface area contributed by atoms with Crippen LogP contribution in [-0.2, 0) is 0 Å². The zero-order chi connectivity index (χ0) is 9.80. The smallest absolute Gasteiger partial charge is 0.181 e. The SMILES string of the molecule is CCCCOc1ccc2ocnc2c1. The molecular formula is C11H13NO2. The predicted molar refractivity (Wildman–Crippen MR) is 54.4 cm³/mol. The lowest BCUT2D eigenvalue weighted by Crippen LogP contribution is -1.95. The molecule has 0 N–H and O–H groups in total. The maximum Gasteiger partial charge on any atom is 0.181 e. The minimum Gasteiger partial charge on any atom is -0.494 e. The van der Waals surface area contributed by atoms with Gasteiger partial charge in [0.2, 0.25) is 0 Å². The zero-order valence-electron chi connectivity index (χ0n) is 8.19. The van der Waals surface area contributed by atoms with Crippen molar-refractivity contribution in [2.24, 2.45) is 0 Å². The number of nitrogens with zero attached hydrogens (tertiary/aromatic N) is 1. The minimum absolute atomic E-state index is 0.764. The zero-order valence-corrected chi connectivity index (χ0v) is 8.19. The van der Waals surface area contributed by atoms with Crippen LogP contribution in [-0.4, -0.2) is 11.6 Å². The first-order valence-electron chi connectivity index (χ1n) is 4.86. The van der Waals surface area contributed by atoms with Gasteiger partial charge in [0.05, 0.1) is 6.61 Å². The molecule has 1 aromatic heterocycles. The minimum atomic E-state index is 0.764. The Kier molecular flexibility index (Phi) is 2.68. The van der Waals surface area contributed by atoms with E-state index in [0.717, 1.165) is 36.3 Å². The maximum absolute atomic E-state index is 5.54. The van der Waals surface area contributed by atoms with E-state index in [1.54, 1.807) is 0 Å². The van der Waals surface area contributed by atoms with Gasteiger partial charge >= 0.3 is 0 Å². The molecule has 0 aliphatic heterocycles. The molecule has 3 heteroatoms. The quantitative estimate of drug-likeness (QED) is 0.697. The van der Waals surface area contributed by atoms with Crippen molar-refractivity contribution in [3.63, 3.8) is 0 Å². The molecule has 2 aromatic rings. The van der Waals surface area contributed by atoms with Gasteiger partial charge in [-0.3, -0.25) is 0 Å². The third kappa shape index (κ3) is 1.87. The highest BCUT2D eigenvalue weighted by Gasteiger charge is 2.00. The number of aromatic nitrogens is 1. The molecule has 74 valence electrons. The third-order valence-corrected chi connectivity index (χ3v) is 2.07. The van der Waals surface area contributed by atoms with E-state index in [4.69, 9.17) is 9.15 Å². The molecule has 0 saturated carbocycles. The van der Waals surface area contributed by atoms with E-state index in [9.17, 15) is 0 Å². The van der Waals surface area contributed by atoms with Crippen molar-refractivity contribution in [3.8, 4) is 5.75 Å². The monoisotopic (exact) mass is 191 g/mol. The number of benzene rings is 1. The van der Waals surface area contributed by atoms with Gasteiger partial charge in [-0.15, -0.1) is 0 Å². The molecule has 0 saturated heterocycles. The van der Waals surface area contributed by atoms with Gasteiger partial charge in [-0.2, -0.15) is 0 Å². The molecule has 3 nitrogen and oxygen atoms in total. The lowest BCUT2D eigenvalue weighted by Gasteiger charge is -2.03. The van der Waals surface area contributed by atoms with Crippen LogP contribution in [0.2, 0.25) is 0 Å². The molecule has 14 heavy (non-hydrogen) atoms. The first-order valence-corrected chi connectivity index (χ1v) is 4.86. The number of hydrogen-bond donors (Lipinski definition) is 0. The van der Waals surface area contributed by atoms with Crippen molar-refractivity contribution < 1.29 is 9.15 Å². The van der Waals surface area contributed by atoms with Crippen LogP contribution in [0.5, 0.6) is 5.75 Å². The Hall–Kier alpha value is -1.51. The molecule has 0 amide bonds. The van der Waals surface area contributed by atoms with Gasteiger partial charge in [-0.25, -0.2) is 4.98 Å². The van der Waals surface area contributed by atoms with Crippen LogP contribution in [0.15, 0.2) is 29.0 Å². The first kappa shape index (κ1) is 9.06. The Balaban J connectivity index is 2.10. The van der Waals surface area contributed by atoms with Gasteiger partial charge in [-0.05, 0) is 18.6 Å². The molecule has 2 rings (SSSR count). The van der Waals surface area contributed by atoms with Crippen molar-refractivity contribution in [3.05, 3.63) is 24.6 Å². The van der Waals surface area contributed by atoms with Crippen LogP contribution in [0.4, 0.5) is 0 Å². The van der Waals surface area contributed by atoms with Crippen LogP contribution in [0, 0.1) is 0 Å². The molecular weight excluding hydrogens is 178 g/mol. The molecule has 1 aromatic carbocycles. The lowest BCUT2D eigenvalue weighted by molar-refractivity contribution is 0.309. The number of ether oxygens (including phenoxy) is 1. The van der Waals surface area contributed by atoms with Gasteiger partial charge in [-0.1, -0.05) is 13.3 Å². The molecule has 0 aliphatic carbocycles. The van der Waals surface area contributed by atoms with Crippen molar-refractivity contribution in [2.45, 2.75) is 19.8 Å². The van der Waals surface area contributed by atoms with E-state index in [0.29, 0.717) is 0 Å². The van der Waals surface area contributed by atoms with E-state index in [2.05, 4.69) is 11.9 Å². The molecule has 0 fully saturated rings. The van der Waals surface area contributed by atoms with E-state index >= 15 is 0 Å². The summed E-state index contributed by atoms with van der Waals surface area (Å²) in [6, 6.07) is 5.68. The summed E-state index contributed by atoms with van der Waals surface area (Å²) in [4.78, 5) is 4.06. The summed E-state index contributed by atoms with van der Waals surface area (Å²) in [6.45, 7) is 2.91. The number of oxazole rings is 1. The van der Waals surface area contributed by atoms with Gasteiger partial charge < -0.3 is 9.15 Å². The molecule has 1 heterocycles. The Bertz CT molecular complexity index is 408. The Morgan fingerprint density at radius 2 is 2.36 bits per heavy atom. The summed E-state index contributed by atoms with van der Waals surface area (Å²) in [6.07, 6.45) is 3.67. The number of unbranched alkanes of at least 4 members (excludes halogenated alkanes) is 1. The average Bonchev–Trinajstić information content (AvgIpc) is 2.65. The highest BCUT2D eigenvalue weighted by atomic mass is 16.5. The fourth-order valence-corrected chi connectivity index (χ4v) is 1.26. The molecule has 0 atom stereocenters. The topological polar surface area (TPSA) is 35.3 Å². The second kappa shape index (κ2) is 4.13. The summed E-state index contributed by atoms with van der Waals surface area (Å²) in [7, 11) is 0. The second-order valence-electron chi connectivity index (χ2n) is 3.18. The van der Waals surface area contributed by atoms with Crippen molar-refractivity contribution >= 4 is 11.1 Å². The summed E-state index contributed by atoms with van der Waals surface area (Å²) in [5.74, 6) is 0.861. The van der Waals surface area contributed by atoms with E-state index in [1.165, 1.54) is 6.39 Å². The van der Waals surface area contributed by atoms with Crippen molar-refractivity contribution in [1.29, 1.82) is 0 Å². The van der Waals surface area contributed by atoms with Gasteiger partial charge in [0.1, 0.15) is 11.3 Å². The van der Waals surface area contributed by atoms with Gasteiger partial charge in [0, 0.05) is 6.07 Å². The fourth-order valence-electron chi connectivity index (χ4n) is 1.26. The number of hydrogen-bond acceptors (Lipinski definition) is 3. The predicted octanol–water partition coefficient (Wildman–Crippen LogP) is 3.01. The van der Waals surface area contributed by atoms with Crippen LogP contribution in [0.3, 0.4) is 0 Å². The normalized spacial score (nSPS) is 10.6. The summed E-state index contributed by atoms with van der Waals surface area (Å²) < 4.78 is 10.7. The van der Waals surface area contributed by atoms with E-state index in [1.807, 2.05) is 18.2 Å². The highest BCUT2D eigenvalue weighted by molar-refractivity contribution is 5.73. The van der Waals surface area contributed by atoms with Crippen LogP contribution in [0.1, 0.15) is 19.8 Å². The average molecular weight is 191 g/mol. The molecule has 0 aliphatic rings. The Labute approximate surface area is 82.7 Å². The molecule has 0 bridgehead atoms. The second-order valence-corrected chi connectivity index (χ2v) is 3.18. The summed E-state index contributed by atoms with van der Waals surface area (Å²) >= 11 is 0. The molecule has 0 unspecified atom stereocenters. The first-order chi connectivity index (χ1) is 6.90. The van der Waals surface area contributed by atoms with Gasteiger partial charge in [0.15, 0.2) is 12.0 Å². The molecule has 0 radical (unpaired) electrons. The van der Waals surface area contributed by atoms with Crippen molar-refractivity contribution in [1.82, 2.24) is 4.98 Å². The number of fused-ring (bicyclic) bond motifs is 1. The third-order valence-electron chi connectivity index (χ3n) is 2.07. The van der Waals surface area contributed by atoms with E-state index < -0.39 is 0 Å². The standard InChI is InChI=1S/C11H13NO2/c1-2-3-6-13-9-4-5-11-10(7-9)12-8-14-11/h4-5,7-8H,2-3,6H2,1H3.